The minimum atomic E-state index is -0.293. The molecule has 1 aliphatic rings. The van der Waals surface area contributed by atoms with Crippen LogP contribution in [-0.2, 0) is 4.79 Å². The van der Waals surface area contributed by atoms with Crippen molar-refractivity contribution in [2.45, 2.75) is 38.2 Å². The molecule has 1 heterocycles. The van der Waals surface area contributed by atoms with Gasteiger partial charge in [-0.25, -0.2) is 0 Å². The summed E-state index contributed by atoms with van der Waals surface area (Å²) in [5, 5.41) is 0.654. The Hall–Kier alpha value is -1.22. The first kappa shape index (κ1) is 12.2. The van der Waals surface area contributed by atoms with E-state index < -0.39 is 0 Å². The van der Waals surface area contributed by atoms with Crippen LogP contribution in [0.15, 0.2) is 18.2 Å². The first-order chi connectivity index (χ1) is 7.87. The summed E-state index contributed by atoms with van der Waals surface area (Å²) in [4.78, 5) is 11.1. The van der Waals surface area contributed by atoms with Crippen molar-refractivity contribution in [3.8, 4) is 5.75 Å². The highest BCUT2D eigenvalue weighted by molar-refractivity contribution is 6.30. The molecule has 4 heteroatoms. The van der Waals surface area contributed by atoms with E-state index in [0.717, 1.165) is 17.7 Å². The SMILES string of the molecule is CC1(C)CC(CC(N)=O)c2cc(Cl)ccc2O1. The smallest absolute Gasteiger partial charge is 0.218 e. The van der Waals surface area contributed by atoms with Crippen LogP contribution in [0.1, 0.15) is 38.2 Å². The van der Waals surface area contributed by atoms with Crippen LogP contribution in [0.2, 0.25) is 5.02 Å². The first-order valence-corrected chi connectivity index (χ1v) is 6.02. The highest BCUT2D eigenvalue weighted by Crippen LogP contribution is 2.43. The Kier molecular flexibility index (Phi) is 3.04. The quantitative estimate of drug-likeness (QED) is 0.881. The van der Waals surface area contributed by atoms with Gasteiger partial charge >= 0.3 is 0 Å². The van der Waals surface area contributed by atoms with Gasteiger partial charge in [0.1, 0.15) is 11.4 Å². The van der Waals surface area contributed by atoms with Crippen LogP contribution in [0.25, 0.3) is 0 Å². The second-order valence-electron chi connectivity index (χ2n) is 5.12. The van der Waals surface area contributed by atoms with Crippen LogP contribution in [0.4, 0.5) is 0 Å². The molecule has 92 valence electrons. The molecule has 0 spiro atoms. The predicted octanol–water partition coefficient (Wildman–Crippen LogP) is 2.86. The van der Waals surface area contributed by atoms with Crippen LogP contribution >= 0.6 is 11.6 Å². The Balaban J connectivity index is 2.40. The third-order valence-electron chi connectivity index (χ3n) is 2.98. The lowest BCUT2D eigenvalue weighted by Crippen LogP contribution is -2.36. The molecule has 0 radical (unpaired) electrons. The number of nitrogens with two attached hydrogens (primary N) is 1. The largest absolute Gasteiger partial charge is 0.488 e. The molecule has 17 heavy (non-hydrogen) atoms. The molecule has 3 nitrogen and oxygen atoms in total. The minimum Gasteiger partial charge on any atom is -0.488 e. The van der Waals surface area contributed by atoms with Crippen LogP contribution in [0.5, 0.6) is 5.75 Å². The summed E-state index contributed by atoms with van der Waals surface area (Å²) in [5.41, 5.74) is 6.00. The molecule has 1 aromatic rings. The summed E-state index contributed by atoms with van der Waals surface area (Å²) in [6, 6.07) is 5.51. The van der Waals surface area contributed by atoms with Crippen molar-refractivity contribution in [3.05, 3.63) is 28.8 Å². The molecule has 0 fully saturated rings. The third kappa shape index (κ3) is 2.72. The van der Waals surface area contributed by atoms with Crippen LogP contribution in [0, 0.1) is 0 Å². The van der Waals surface area contributed by atoms with Gasteiger partial charge in [-0.1, -0.05) is 11.6 Å². The molecule has 0 aliphatic carbocycles. The molecule has 1 aromatic carbocycles. The van der Waals surface area contributed by atoms with E-state index in [1.54, 1.807) is 6.07 Å². The van der Waals surface area contributed by atoms with E-state index in [4.69, 9.17) is 22.1 Å². The molecule has 2 rings (SSSR count). The highest BCUT2D eigenvalue weighted by Gasteiger charge is 2.34. The Labute approximate surface area is 106 Å². The van der Waals surface area contributed by atoms with E-state index in [0.29, 0.717) is 11.4 Å². The molecule has 1 unspecified atom stereocenters. The van der Waals surface area contributed by atoms with Gasteiger partial charge in [0.05, 0.1) is 0 Å². The first-order valence-electron chi connectivity index (χ1n) is 5.64. The van der Waals surface area contributed by atoms with Gasteiger partial charge in [0.15, 0.2) is 0 Å². The lowest BCUT2D eigenvalue weighted by molar-refractivity contribution is -0.118. The zero-order chi connectivity index (χ0) is 12.6. The van der Waals surface area contributed by atoms with Crippen molar-refractivity contribution in [3.63, 3.8) is 0 Å². The van der Waals surface area contributed by atoms with E-state index in [1.807, 2.05) is 26.0 Å². The maximum atomic E-state index is 11.1. The van der Waals surface area contributed by atoms with Crippen LogP contribution < -0.4 is 10.5 Å². The number of hydrogen-bond donors (Lipinski definition) is 1. The summed E-state index contributed by atoms with van der Waals surface area (Å²) in [6.07, 6.45) is 1.10. The Morgan fingerprint density at radius 1 is 1.59 bits per heavy atom. The molecule has 0 saturated heterocycles. The predicted molar refractivity (Wildman–Crippen MR) is 67.3 cm³/mol. The summed E-state index contributed by atoms with van der Waals surface area (Å²) >= 11 is 5.98. The third-order valence-corrected chi connectivity index (χ3v) is 3.22. The summed E-state index contributed by atoms with van der Waals surface area (Å²) < 4.78 is 5.88. The van der Waals surface area contributed by atoms with Gasteiger partial charge in [0.2, 0.25) is 5.91 Å². The topological polar surface area (TPSA) is 52.3 Å². The Bertz CT molecular complexity index is 457. The maximum absolute atomic E-state index is 11.1. The highest BCUT2D eigenvalue weighted by atomic mass is 35.5. The number of carbonyl (C=O) groups excluding carboxylic acids is 1. The molecule has 1 amide bonds. The van der Waals surface area contributed by atoms with Crippen LogP contribution in [0.3, 0.4) is 0 Å². The Morgan fingerprint density at radius 2 is 2.29 bits per heavy atom. The van der Waals surface area contributed by atoms with Crippen molar-refractivity contribution in [2.75, 3.05) is 0 Å². The van der Waals surface area contributed by atoms with Gasteiger partial charge in [-0.05, 0) is 44.0 Å². The zero-order valence-corrected chi connectivity index (χ0v) is 10.8. The van der Waals surface area contributed by atoms with Gasteiger partial charge < -0.3 is 10.5 Å². The zero-order valence-electron chi connectivity index (χ0n) is 10.00. The van der Waals surface area contributed by atoms with Gasteiger partial charge in [0.25, 0.3) is 0 Å². The van der Waals surface area contributed by atoms with Gasteiger partial charge in [-0.15, -0.1) is 0 Å². The lowest BCUT2D eigenvalue weighted by atomic mass is 9.82. The van der Waals surface area contributed by atoms with Crippen molar-refractivity contribution in [2.24, 2.45) is 5.73 Å². The van der Waals surface area contributed by atoms with Crippen LogP contribution in [-0.4, -0.2) is 11.5 Å². The number of benzene rings is 1. The number of rotatable bonds is 2. The fraction of sp³-hybridized carbons (Fsp3) is 0.462. The molecule has 2 N–H and O–H groups in total. The number of ether oxygens (including phenoxy) is 1. The van der Waals surface area contributed by atoms with Crippen molar-refractivity contribution >= 4 is 17.5 Å². The summed E-state index contributed by atoms with van der Waals surface area (Å²) in [6.45, 7) is 4.02. The number of fused-ring (bicyclic) bond motifs is 1. The fourth-order valence-corrected chi connectivity index (χ4v) is 2.58. The van der Waals surface area contributed by atoms with Crippen molar-refractivity contribution < 1.29 is 9.53 Å². The molecular weight excluding hydrogens is 238 g/mol. The van der Waals surface area contributed by atoms with Gasteiger partial charge in [0, 0.05) is 17.4 Å². The van der Waals surface area contributed by atoms with Crippen molar-refractivity contribution in [1.29, 1.82) is 0 Å². The van der Waals surface area contributed by atoms with Gasteiger partial charge in [-0.2, -0.15) is 0 Å². The van der Waals surface area contributed by atoms with E-state index >= 15 is 0 Å². The number of carbonyl (C=O) groups is 1. The molecule has 0 saturated carbocycles. The second-order valence-corrected chi connectivity index (χ2v) is 5.55. The average molecular weight is 254 g/mol. The lowest BCUT2D eigenvalue weighted by Gasteiger charge is -2.37. The van der Waals surface area contributed by atoms with E-state index in [-0.39, 0.29) is 17.4 Å². The summed E-state index contributed by atoms with van der Waals surface area (Å²) in [5.74, 6) is 0.598. The number of amides is 1. The minimum absolute atomic E-state index is 0.0879. The molecule has 0 aromatic heterocycles. The van der Waals surface area contributed by atoms with Crippen molar-refractivity contribution in [1.82, 2.24) is 0 Å². The normalized spacial score (nSPS) is 21.5. The molecule has 1 aliphatic heterocycles. The molecular formula is C13H16ClNO2. The van der Waals surface area contributed by atoms with E-state index in [1.165, 1.54) is 0 Å². The van der Waals surface area contributed by atoms with Gasteiger partial charge in [-0.3, -0.25) is 4.79 Å². The second kappa shape index (κ2) is 4.22. The number of primary amides is 1. The average Bonchev–Trinajstić information content (AvgIpc) is 2.17. The molecule has 0 bridgehead atoms. The standard InChI is InChI=1S/C13H16ClNO2/c1-13(2)7-8(5-12(15)16)10-6-9(14)3-4-11(10)17-13/h3-4,6,8H,5,7H2,1-2H3,(H2,15,16). The number of halogens is 1. The fourth-order valence-electron chi connectivity index (χ4n) is 2.40. The monoisotopic (exact) mass is 253 g/mol. The Morgan fingerprint density at radius 3 is 2.94 bits per heavy atom. The van der Waals surface area contributed by atoms with E-state index in [2.05, 4.69) is 0 Å². The number of hydrogen-bond acceptors (Lipinski definition) is 2. The summed E-state index contributed by atoms with van der Waals surface area (Å²) in [7, 11) is 0. The molecule has 1 atom stereocenters. The van der Waals surface area contributed by atoms with E-state index in [9.17, 15) is 4.79 Å². The maximum Gasteiger partial charge on any atom is 0.218 e.